The number of carbonyl (C=O) groups excluding carboxylic acids is 2. The molecule has 2 aliphatic heterocycles. The molecular formula is C35H32F4N6O3S. The topological polar surface area (TPSA) is 92.4 Å². The van der Waals surface area contributed by atoms with Crippen LogP contribution in [-0.2, 0) is 11.2 Å². The van der Waals surface area contributed by atoms with Crippen molar-refractivity contribution in [3.8, 4) is 11.4 Å². The predicted molar refractivity (Wildman–Crippen MR) is 182 cm³/mol. The Morgan fingerprint density at radius 3 is 2.49 bits per heavy atom. The van der Waals surface area contributed by atoms with E-state index in [4.69, 9.17) is 0 Å². The first-order valence-electron chi connectivity index (χ1n) is 15.5. The Labute approximate surface area is 284 Å². The molecule has 0 radical (unpaired) electrons. The van der Waals surface area contributed by atoms with Gasteiger partial charge >= 0.3 is 6.36 Å². The number of hydrogen-bond acceptors (Lipinski definition) is 7. The number of thioether (sulfide) groups is 1. The quantitative estimate of drug-likeness (QED) is 0.113. The third-order valence-electron chi connectivity index (χ3n) is 8.28. The van der Waals surface area contributed by atoms with Gasteiger partial charge in [0, 0.05) is 12.1 Å². The Bertz CT molecular complexity index is 2040. The molecule has 6 rings (SSSR count). The van der Waals surface area contributed by atoms with Gasteiger partial charge in [0.05, 0.1) is 34.7 Å². The highest BCUT2D eigenvalue weighted by Gasteiger charge is 2.34. The van der Waals surface area contributed by atoms with E-state index in [1.807, 2.05) is 25.1 Å². The smallest absolute Gasteiger partial charge is 0.406 e. The van der Waals surface area contributed by atoms with Crippen molar-refractivity contribution in [3.05, 3.63) is 99.6 Å². The number of fused-ring (bicyclic) bond motifs is 1. The molecule has 3 aromatic carbocycles. The van der Waals surface area contributed by atoms with E-state index >= 15 is 4.39 Å². The second kappa shape index (κ2) is 13.1. The van der Waals surface area contributed by atoms with Gasteiger partial charge in [0.1, 0.15) is 17.3 Å². The molecule has 1 aromatic heterocycles. The van der Waals surface area contributed by atoms with Gasteiger partial charge in [-0.25, -0.2) is 9.07 Å². The van der Waals surface area contributed by atoms with Crippen LogP contribution in [0.15, 0.2) is 64.8 Å². The fraction of sp³-hybridized carbons (Fsp3) is 0.286. The molecule has 49 heavy (non-hydrogen) atoms. The molecule has 0 unspecified atom stereocenters. The zero-order valence-electron chi connectivity index (χ0n) is 27.3. The number of carbonyl (C=O) groups is 2. The van der Waals surface area contributed by atoms with Crippen molar-refractivity contribution in [1.82, 2.24) is 9.78 Å². The van der Waals surface area contributed by atoms with Gasteiger partial charge in [-0.05, 0) is 91.8 Å². The van der Waals surface area contributed by atoms with Crippen LogP contribution in [-0.4, -0.2) is 51.6 Å². The molecule has 0 bridgehead atoms. The lowest BCUT2D eigenvalue weighted by molar-refractivity contribution is -0.274. The van der Waals surface area contributed by atoms with E-state index in [9.17, 15) is 22.8 Å². The van der Waals surface area contributed by atoms with Crippen LogP contribution in [0.2, 0.25) is 0 Å². The minimum absolute atomic E-state index is 0.0914. The number of halogens is 4. The van der Waals surface area contributed by atoms with Gasteiger partial charge in [-0.15, -0.1) is 18.3 Å². The molecule has 4 aromatic rings. The zero-order chi connectivity index (χ0) is 35.2. The number of aromatic nitrogens is 2. The van der Waals surface area contributed by atoms with Gasteiger partial charge in [-0.3, -0.25) is 14.5 Å². The normalized spacial score (nSPS) is 16.1. The molecule has 0 aliphatic carbocycles. The lowest BCUT2D eigenvalue weighted by Gasteiger charge is -2.29. The highest BCUT2D eigenvalue weighted by molar-refractivity contribution is 8.15. The number of anilines is 2. The summed E-state index contributed by atoms with van der Waals surface area (Å²) in [6, 6.07) is 14.1. The Balaban J connectivity index is 1.22. The monoisotopic (exact) mass is 692 g/mol. The molecule has 1 saturated heterocycles. The Morgan fingerprint density at radius 1 is 1.00 bits per heavy atom. The van der Waals surface area contributed by atoms with Crippen LogP contribution in [0.3, 0.4) is 0 Å². The van der Waals surface area contributed by atoms with Crippen LogP contribution in [0.25, 0.3) is 5.69 Å². The number of benzene rings is 3. The summed E-state index contributed by atoms with van der Waals surface area (Å²) in [4.78, 5) is 29.4. The number of amidine groups is 1. The second-order valence-corrected chi connectivity index (χ2v) is 13.0. The van der Waals surface area contributed by atoms with E-state index in [0.717, 1.165) is 22.9 Å². The summed E-state index contributed by atoms with van der Waals surface area (Å²) in [7, 11) is 0. The highest BCUT2D eigenvalue weighted by Crippen LogP contribution is 2.36. The Kier molecular flexibility index (Phi) is 9.09. The average molecular weight is 693 g/mol. The number of ether oxygens (including phenoxy) is 1. The summed E-state index contributed by atoms with van der Waals surface area (Å²) in [5, 5.41) is 13.4. The lowest BCUT2D eigenvalue weighted by atomic mass is 9.98. The molecule has 1 fully saturated rings. The van der Waals surface area contributed by atoms with Crippen molar-refractivity contribution < 1.29 is 31.9 Å². The van der Waals surface area contributed by atoms with Crippen molar-refractivity contribution >= 4 is 46.3 Å². The summed E-state index contributed by atoms with van der Waals surface area (Å²) in [6.45, 7) is 9.70. The maximum absolute atomic E-state index is 15.6. The van der Waals surface area contributed by atoms with Gasteiger partial charge in [0.2, 0.25) is 5.91 Å². The Morgan fingerprint density at radius 2 is 1.78 bits per heavy atom. The molecule has 0 N–H and O–H groups in total. The van der Waals surface area contributed by atoms with E-state index in [1.54, 1.807) is 30.9 Å². The maximum Gasteiger partial charge on any atom is 0.573 e. The minimum Gasteiger partial charge on any atom is -0.406 e. The van der Waals surface area contributed by atoms with Gasteiger partial charge < -0.3 is 9.64 Å². The molecule has 9 nitrogen and oxygen atoms in total. The Hall–Kier alpha value is -4.98. The summed E-state index contributed by atoms with van der Waals surface area (Å²) < 4.78 is 59.1. The number of alkyl halides is 3. The second-order valence-electron chi connectivity index (χ2n) is 12.1. The van der Waals surface area contributed by atoms with Crippen LogP contribution < -0.4 is 14.5 Å². The summed E-state index contributed by atoms with van der Waals surface area (Å²) in [6.07, 6.45) is -3.14. The molecule has 2 amide bonds. The van der Waals surface area contributed by atoms with E-state index in [-0.39, 0.29) is 41.1 Å². The van der Waals surface area contributed by atoms with Crippen LogP contribution in [0.4, 0.5) is 28.9 Å². The third kappa shape index (κ3) is 6.82. The van der Waals surface area contributed by atoms with Crippen molar-refractivity contribution in [2.45, 2.75) is 53.3 Å². The third-order valence-corrected chi connectivity index (χ3v) is 9.19. The number of hydrogen-bond donors (Lipinski definition) is 0. The predicted octanol–water partition coefficient (Wildman–Crippen LogP) is 7.63. The molecular weight excluding hydrogens is 660 g/mol. The van der Waals surface area contributed by atoms with Crippen molar-refractivity contribution in [2.24, 2.45) is 10.2 Å². The molecule has 0 atom stereocenters. The zero-order valence-corrected chi connectivity index (χ0v) is 28.1. The largest absolute Gasteiger partial charge is 0.573 e. The van der Waals surface area contributed by atoms with Crippen LogP contribution in [0.5, 0.6) is 5.75 Å². The van der Waals surface area contributed by atoms with E-state index < -0.39 is 18.1 Å². The summed E-state index contributed by atoms with van der Waals surface area (Å²) in [5.41, 5.74) is 5.59. The molecule has 0 spiro atoms. The van der Waals surface area contributed by atoms with Crippen molar-refractivity contribution in [2.75, 3.05) is 22.1 Å². The van der Waals surface area contributed by atoms with E-state index in [2.05, 4.69) is 33.9 Å². The van der Waals surface area contributed by atoms with Gasteiger partial charge in [-0.2, -0.15) is 10.2 Å². The molecule has 254 valence electrons. The van der Waals surface area contributed by atoms with Crippen LogP contribution in [0, 0.1) is 26.6 Å². The first-order valence-corrected chi connectivity index (χ1v) is 16.4. The summed E-state index contributed by atoms with van der Waals surface area (Å²) in [5.74, 6) is -1.04. The van der Waals surface area contributed by atoms with Crippen molar-refractivity contribution in [3.63, 3.8) is 0 Å². The maximum atomic E-state index is 15.6. The fourth-order valence-corrected chi connectivity index (χ4v) is 6.88. The fourth-order valence-electron chi connectivity index (χ4n) is 6.06. The highest BCUT2D eigenvalue weighted by atomic mass is 32.2. The summed E-state index contributed by atoms with van der Waals surface area (Å²) >= 11 is 1.29. The number of aryl methyl sites for hydroxylation is 2. The minimum atomic E-state index is -4.84. The SMILES string of the molecule is Cc1ccc(C(C)C)c(N2C(=O)CS/C2=N\N=C\c2ccc(-n3nc(C)c(N4CCc5cc(OC(F)(F)F)ccc5C4=O)c3C)c(F)c2)c1. The van der Waals surface area contributed by atoms with Gasteiger partial charge in [-0.1, -0.05) is 43.8 Å². The molecule has 14 heteroatoms. The van der Waals surface area contributed by atoms with Crippen molar-refractivity contribution in [1.29, 1.82) is 0 Å². The van der Waals surface area contributed by atoms with Gasteiger partial charge in [0.15, 0.2) is 5.17 Å². The van der Waals surface area contributed by atoms with Crippen LogP contribution >= 0.6 is 11.8 Å². The number of nitrogens with zero attached hydrogens (tertiary/aromatic N) is 6. The first-order chi connectivity index (χ1) is 23.2. The van der Waals surface area contributed by atoms with E-state index in [1.165, 1.54) is 45.8 Å². The van der Waals surface area contributed by atoms with E-state index in [0.29, 0.717) is 39.8 Å². The standard InChI is InChI=1S/C35H32F4N6O3S/c1-19(2)26-9-6-20(3)14-30(26)44-31(46)18-49-34(44)41-40-17-23-7-11-29(28(36)15-23)45-22(5)32(21(4)42-45)43-13-12-24-16-25(48-35(37,38)39)8-10-27(24)33(43)47/h6-11,14-17,19H,12-13,18H2,1-5H3/b40-17+,41-34-. The molecule has 2 aliphatic rings. The first kappa shape index (κ1) is 33.9. The molecule has 3 heterocycles. The number of rotatable bonds is 7. The van der Waals surface area contributed by atoms with Gasteiger partial charge in [0.25, 0.3) is 5.91 Å². The average Bonchev–Trinajstić information content (AvgIpc) is 3.53. The molecule has 0 saturated carbocycles. The van der Waals surface area contributed by atoms with Crippen LogP contribution in [0.1, 0.15) is 63.8 Å². The lowest BCUT2D eigenvalue weighted by Crippen LogP contribution is -2.38. The number of amides is 2.